The minimum Gasteiger partial charge on any atom is -0.465 e. The second-order valence-electron chi connectivity index (χ2n) is 3.25. The van der Waals surface area contributed by atoms with Crippen LogP contribution in [0.5, 0.6) is 0 Å². The Bertz CT molecular complexity index is 622. The third-order valence-electron chi connectivity index (χ3n) is 2.02. The molecule has 10 heteroatoms. The van der Waals surface area contributed by atoms with Crippen molar-refractivity contribution >= 4 is 28.9 Å². The van der Waals surface area contributed by atoms with Crippen molar-refractivity contribution < 1.29 is 22.7 Å². The van der Waals surface area contributed by atoms with Crippen molar-refractivity contribution in [2.24, 2.45) is 0 Å². The van der Waals surface area contributed by atoms with E-state index in [0.717, 1.165) is 35.4 Å². The summed E-state index contributed by atoms with van der Waals surface area (Å²) in [6.07, 6.45) is -3.46. The van der Waals surface area contributed by atoms with Gasteiger partial charge in [-0.2, -0.15) is 18.3 Å². The number of carbonyl (C=O) groups is 1. The van der Waals surface area contributed by atoms with Gasteiger partial charge in [0, 0.05) is 6.20 Å². The number of ether oxygens (including phenoxy) is 1. The van der Waals surface area contributed by atoms with E-state index in [9.17, 15) is 18.0 Å². The Morgan fingerprint density at radius 1 is 1.53 bits per heavy atom. The Hall–Kier alpha value is -1.61. The molecule has 2 aromatic rings. The number of thiazole rings is 1. The number of carbonyl (C=O) groups excluding carboxylic acids is 1. The summed E-state index contributed by atoms with van der Waals surface area (Å²) in [7, 11) is 1.16. The predicted octanol–water partition coefficient (Wildman–Crippen LogP) is 2.79. The molecule has 0 radical (unpaired) electrons. The number of methoxy groups -OCH3 is 1. The Labute approximate surface area is 113 Å². The molecule has 0 atom stereocenters. The summed E-state index contributed by atoms with van der Waals surface area (Å²) in [5.74, 6) is -0.711. The summed E-state index contributed by atoms with van der Waals surface area (Å²) in [5.41, 5.74) is -1.06. The predicted molar refractivity (Wildman–Crippen MR) is 60.6 cm³/mol. The first kappa shape index (κ1) is 13.8. The molecule has 0 aromatic carbocycles. The molecule has 0 fully saturated rings. The summed E-state index contributed by atoms with van der Waals surface area (Å²) in [5, 5.41) is 3.22. The van der Waals surface area contributed by atoms with Gasteiger partial charge in [0.15, 0.2) is 15.7 Å². The molecule has 19 heavy (non-hydrogen) atoms. The first-order valence-corrected chi connectivity index (χ1v) is 5.90. The van der Waals surface area contributed by atoms with E-state index in [2.05, 4.69) is 14.8 Å². The molecule has 0 aliphatic heterocycles. The van der Waals surface area contributed by atoms with Crippen molar-refractivity contribution in [1.29, 1.82) is 0 Å². The van der Waals surface area contributed by atoms with Gasteiger partial charge < -0.3 is 4.74 Å². The standard InChI is InChI=1S/C9H5ClF3N3O2S/c1-18-7(17)5-6(10)14-8(19-5)16-3-2-4(15-16)9(11,12)13/h2-3H,1H3. The van der Waals surface area contributed by atoms with Crippen molar-refractivity contribution in [3.05, 3.63) is 28.0 Å². The zero-order valence-corrected chi connectivity index (χ0v) is 10.8. The molecule has 0 saturated heterocycles. The Morgan fingerprint density at radius 3 is 2.74 bits per heavy atom. The molecule has 2 aromatic heterocycles. The average Bonchev–Trinajstić information content (AvgIpc) is 2.93. The lowest BCUT2D eigenvalue weighted by atomic mass is 10.4. The number of halogens is 4. The number of hydrogen-bond donors (Lipinski definition) is 0. The lowest BCUT2D eigenvalue weighted by Gasteiger charge is -2.00. The maximum Gasteiger partial charge on any atom is 0.435 e. The maximum atomic E-state index is 12.4. The SMILES string of the molecule is COC(=O)c1sc(-n2ccc(C(F)(F)F)n2)nc1Cl. The molecule has 2 rings (SSSR count). The van der Waals surface area contributed by atoms with Crippen LogP contribution in [0.1, 0.15) is 15.4 Å². The molecule has 0 aliphatic carbocycles. The number of alkyl halides is 3. The fourth-order valence-corrected chi connectivity index (χ4v) is 2.32. The van der Waals surface area contributed by atoms with Crippen LogP contribution >= 0.6 is 22.9 Å². The van der Waals surface area contributed by atoms with Gasteiger partial charge in [-0.05, 0) is 6.07 Å². The van der Waals surface area contributed by atoms with E-state index in [1.54, 1.807) is 0 Å². The molecule has 0 amide bonds. The van der Waals surface area contributed by atoms with E-state index in [4.69, 9.17) is 11.6 Å². The molecule has 102 valence electrons. The summed E-state index contributed by atoms with van der Waals surface area (Å²) >= 11 is 6.49. The van der Waals surface area contributed by atoms with Crippen LogP contribution in [-0.2, 0) is 10.9 Å². The number of hydrogen-bond acceptors (Lipinski definition) is 5. The lowest BCUT2D eigenvalue weighted by molar-refractivity contribution is -0.141. The van der Waals surface area contributed by atoms with Gasteiger partial charge in [-0.25, -0.2) is 14.5 Å². The van der Waals surface area contributed by atoms with E-state index < -0.39 is 17.8 Å². The van der Waals surface area contributed by atoms with E-state index in [1.807, 2.05) is 0 Å². The largest absolute Gasteiger partial charge is 0.465 e. The van der Waals surface area contributed by atoms with Gasteiger partial charge in [0.05, 0.1) is 7.11 Å². The first-order chi connectivity index (χ1) is 8.82. The molecule has 0 unspecified atom stereocenters. The average molecular weight is 312 g/mol. The monoisotopic (exact) mass is 311 g/mol. The topological polar surface area (TPSA) is 57.0 Å². The highest BCUT2D eigenvalue weighted by molar-refractivity contribution is 7.16. The van der Waals surface area contributed by atoms with E-state index in [-0.39, 0.29) is 15.2 Å². The third-order valence-corrected chi connectivity index (χ3v) is 3.43. The van der Waals surface area contributed by atoms with Gasteiger partial charge in [-0.3, -0.25) is 0 Å². The van der Waals surface area contributed by atoms with Crippen LogP contribution in [0.2, 0.25) is 5.15 Å². The highest BCUT2D eigenvalue weighted by atomic mass is 35.5. The zero-order chi connectivity index (χ0) is 14.2. The second kappa shape index (κ2) is 4.82. The number of esters is 1. The molecule has 5 nitrogen and oxygen atoms in total. The first-order valence-electron chi connectivity index (χ1n) is 4.71. The van der Waals surface area contributed by atoms with Crippen molar-refractivity contribution in [2.75, 3.05) is 7.11 Å². The van der Waals surface area contributed by atoms with Crippen LogP contribution in [0.15, 0.2) is 12.3 Å². The Morgan fingerprint density at radius 2 is 2.21 bits per heavy atom. The van der Waals surface area contributed by atoms with Crippen molar-refractivity contribution in [2.45, 2.75) is 6.18 Å². The number of rotatable bonds is 2. The second-order valence-corrected chi connectivity index (χ2v) is 4.59. The minimum absolute atomic E-state index is 0.00299. The number of nitrogens with zero attached hydrogens (tertiary/aromatic N) is 3. The van der Waals surface area contributed by atoms with Gasteiger partial charge in [0.2, 0.25) is 5.13 Å². The van der Waals surface area contributed by atoms with E-state index >= 15 is 0 Å². The number of aromatic nitrogens is 3. The van der Waals surface area contributed by atoms with Crippen molar-refractivity contribution in [1.82, 2.24) is 14.8 Å². The normalized spacial score (nSPS) is 11.6. The Kier molecular flexibility index (Phi) is 3.50. The summed E-state index contributed by atoms with van der Waals surface area (Å²) in [4.78, 5) is 15.1. The molecule has 0 N–H and O–H groups in total. The van der Waals surface area contributed by atoms with Crippen LogP contribution in [0, 0.1) is 0 Å². The lowest BCUT2D eigenvalue weighted by Crippen LogP contribution is -2.07. The Balaban J connectivity index is 2.38. The van der Waals surface area contributed by atoms with Crippen LogP contribution < -0.4 is 0 Å². The van der Waals surface area contributed by atoms with Crippen molar-refractivity contribution in [3.63, 3.8) is 0 Å². The molecule has 0 saturated carbocycles. The molecule has 2 heterocycles. The van der Waals surface area contributed by atoms with Gasteiger partial charge in [0.25, 0.3) is 0 Å². The smallest absolute Gasteiger partial charge is 0.435 e. The van der Waals surface area contributed by atoms with Crippen LogP contribution in [0.3, 0.4) is 0 Å². The van der Waals surface area contributed by atoms with E-state index in [0.29, 0.717) is 0 Å². The summed E-state index contributed by atoms with van der Waals surface area (Å²) < 4.78 is 42.5. The highest BCUT2D eigenvalue weighted by Crippen LogP contribution is 2.30. The van der Waals surface area contributed by atoms with E-state index in [1.165, 1.54) is 0 Å². The molecular formula is C9H5ClF3N3O2S. The van der Waals surface area contributed by atoms with Gasteiger partial charge >= 0.3 is 12.1 Å². The van der Waals surface area contributed by atoms with Crippen LogP contribution in [0.4, 0.5) is 13.2 Å². The maximum absolute atomic E-state index is 12.4. The molecular weight excluding hydrogens is 307 g/mol. The molecule has 0 aliphatic rings. The molecule has 0 spiro atoms. The minimum atomic E-state index is -4.54. The van der Waals surface area contributed by atoms with Crippen molar-refractivity contribution in [3.8, 4) is 5.13 Å². The molecule has 0 bridgehead atoms. The third kappa shape index (κ3) is 2.71. The van der Waals surface area contributed by atoms with Gasteiger partial charge in [-0.15, -0.1) is 0 Å². The summed E-state index contributed by atoms with van der Waals surface area (Å²) in [6.45, 7) is 0. The van der Waals surface area contributed by atoms with Gasteiger partial charge in [0.1, 0.15) is 0 Å². The fourth-order valence-electron chi connectivity index (χ4n) is 1.19. The summed E-state index contributed by atoms with van der Waals surface area (Å²) in [6, 6.07) is 0.799. The van der Waals surface area contributed by atoms with Crippen LogP contribution in [0.25, 0.3) is 5.13 Å². The van der Waals surface area contributed by atoms with Gasteiger partial charge in [-0.1, -0.05) is 22.9 Å². The highest BCUT2D eigenvalue weighted by Gasteiger charge is 2.34. The quantitative estimate of drug-likeness (QED) is 0.800. The fraction of sp³-hybridized carbons (Fsp3) is 0.222. The zero-order valence-electron chi connectivity index (χ0n) is 9.23. The van der Waals surface area contributed by atoms with Crippen LogP contribution in [-0.4, -0.2) is 27.8 Å².